The zero-order chi connectivity index (χ0) is 11.9. The summed E-state index contributed by atoms with van der Waals surface area (Å²) in [6, 6.07) is 0. The van der Waals surface area contributed by atoms with Gasteiger partial charge in [-0.25, -0.2) is 4.79 Å². The fraction of sp³-hybridized carbons (Fsp3) is 0.500. The highest BCUT2D eigenvalue weighted by Crippen LogP contribution is 2.29. The first-order chi connectivity index (χ1) is 7.57. The van der Waals surface area contributed by atoms with Gasteiger partial charge >= 0.3 is 5.97 Å². The average molecular weight is 221 g/mol. The van der Waals surface area contributed by atoms with Crippen molar-refractivity contribution in [3.8, 4) is 0 Å². The minimum atomic E-state index is -0.354. The van der Waals surface area contributed by atoms with E-state index < -0.39 is 0 Å². The van der Waals surface area contributed by atoms with Crippen molar-refractivity contribution < 1.29 is 14.3 Å². The lowest BCUT2D eigenvalue weighted by Gasteiger charge is -2.04. The highest BCUT2D eigenvalue weighted by molar-refractivity contribution is 6.01. The minimum absolute atomic E-state index is 0.0262. The Morgan fingerprint density at radius 2 is 2.06 bits per heavy atom. The molecular formula is C12H15NO3. The number of hydrogen-bond acceptors (Lipinski definition) is 3. The van der Waals surface area contributed by atoms with E-state index in [0.29, 0.717) is 11.3 Å². The van der Waals surface area contributed by atoms with Crippen LogP contribution in [0.5, 0.6) is 0 Å². The predicted molar refractivity (Wildman–Crippen MR) is 58.8 cm³/mol. The Morgan fingerprint density at radius 3 is 2.62 bits per heavy atom. The fourth-order valence-electron chi connectivity index (χ4n) is 2.55. The number of methoxy groups -OCH3 is 1. The van der Waals surface area contributed by atoms with E-state index in [1.165, 1.54) is 7.11 Å². The lowest BCUT2D eigenvalue weighted by Crippen LogP contribution is -2.10. The molecule has 2 heterocycles. The molecule has 1 aliphatic heterocycles. The minimum Gasteiger partial charge on any atom is -0.464 e. The van der Waals surface area contributed by atoms with Crippen LogP contribution in [0.1, 0.15) is 45.4 Å². The number of fused-ring (bicyclic) bond motifs is 1. The summed E-state index contributed by atoms with van der Waals surface area (Å²) in [4.78, 5) is 23.3. The summed E-state index contributed by atoms with van der Waals surface area (Å²) >= 11 is 0. The molecule has 1 aliphatic rings. The van der Waals surface area contributed by atoms with Crippen LogP contribution < -0.4 is 0 Å². The third-order valence-electron chi connectivity index (χ3n) is 3.14. The van der Waals surface area contributed by atoms with Gasteiger partial charge in [-0.15, -0.1) is 0 Å². The molecule has 1 aromatic rings. The van der Waals surface area contributed by atoms with Crippen LogP contribution in [0.4, 0.5) is 0 Å². The topological polar surface area (TPSA) is 48.3 Å². The second kappa shape index (κ2) is 3.77. The number of aromatic nitrogens is 1. The number of carbonyl (C=O) groups excluding carboxylic acids is 2. The first-order valence-electron chi connectivity index (χ1n) is 5.39. The summed E-state index contributed by atoms with van der Waals surface area (Å²) in [5, 5.41) is 0. The maximum absolute atomic E-state index is 11.7. The van der Waals surface area contributed by atoms with E-state index in [2.05, 4.69) is 0 Å². The van der Waals surface area contributed by atoms with Crippen LogP contribution in [0.15, 0.2) is 0 Å². The van der Waals surface area contributed by atoms with Crippen molar-refractivity contribution in [1.29, 1.82) is 0 Å². The molecule has 0 saturated heterocycles. The molecule has 1 aromatic heterocycles. The molecule has 4 nitrogen and oxygen atoms in total. The van der Waals surface area contributed by atoms with Crippen LogP contribution in [0.2, 0.25) is 0 Å². The molecule has 2 rings (SSSR count). The van der Waals surface area contributed by atoms with E-state index in [1.54, 1.807) is 6.92 Å². The Balaban J connectivity index is 2.67. The molecule has 0 aromatic carbocycles. The number of ketones is 1. The van der Waals surface area contributed by atoms with Crippen molar-refractivity contribution in [2.75, 3.05) is 7.11 Å². The van der Waals surface area contributed by atoms with Crippen LogP contribution in [0, 0.1) is 6.92 Å². The molecule has 0 fully saturated rings. The highest BCUT2D eigenvalue weighted by Gasteiger charge is 2.29. The molecular weight excluding hydrogens is 206 g/mol. The molecule has 0 unspecified atom stereocenters. The standard InChI is InChI=1S/C12H15NO3/c1-7-10(8(2)14)9-5-4-6-13(9)11(7)12(15)16-3/h4-6H2,1-3H3. The van der Waals surface area contributed by atoms with Crippen LogP contribution in [-0.2, 0) is 17.7 Å². The van der Waals surface area contributed by atoms with E-state index in [-0.39, 0.29) is 11.8 Å². The van der Waals surface area contributed by atoms with Crippen LogP contribution in [-0.4, -0.2) is 23.4 Å². The molecule has 16 heavy (non-hydrogen) atoms. The summed E-state index contributed by atoms with van der Waals surface area (Å²) in [5.74, 6) is -0.327. The number of esters is 1. The Labute approximate surface area is 94.2 Å². The normalized spacial score (nSPS) is 13.7. The van der Waals surface area contributed by atoms with Gasteiger partial charge in [0.25, 0.3) is 0 Å². The predicted octanol–water partition coefficient (Wildman–Crippen LogP) is 1.73. The van der Waals surface area contributed by atoms with Crippen molar-refractivity contribution in [1.82, 2.24) is 4.57 Å². The van der Waals surface area contributed by atoms with Crippen LogP contribution in [0.3, 0.4) is 0 Å². The number of hydrogen-bond donors (Lipinski definition) is 0. The Hall–Kier alpha value is -1.58. The quantitative estimate of drug-likeness (QED) is 0.564. The van der Waals surface area contributed by atoms with Crippen LogP contribution in [0.25, 0.3) is 0 Å². The second-order valence-corrected chi connectivity index (χ2v) is 4.10. The van der Waals surface area contributed by atoms with Crippen molar-refractivity contribution in [2.24, 2.45) is 0 Å². The number of ether oxygens (including phenoxy) is 1. The summed E-state index contributed by atoms with van der Waals surface area (Å²) in [5.41, 5.74) is 3.00. The molecule has 0 saturated carbocycles. The third-order valence-corrected chi connectivity index (χ3v) is 3.14. The molecule has 0 atom stereocenters. The zero-order valence-electron chi connectivity index (χ0n) is 9.79. The first-order valence-corrected chi connectivity index (χ1v) is 5.39. The van der Waals surface area contributed by atoms with E-state index in [4.69, 9.17) is 4.74 Å². The van der Waals surface area contributed by atoms with Gasteiger partial charge in [0.05, 0.1) is 7.11 Å². The monoisotopic (exact) mass is 221 g/mol. The second-order valence-electron chi connectivity index (χ2n) is 4.10. The smallest absolute Gasteiger partial charge is 0.354 e. The summed E-state index contributed by atoms with van der Waals surface area (Å²) in [6.07, 6.45) is 1.85. The zero-order valence-corrected chi connectivity index (χ0v) is 9.79. The largest absolute Gasteiger partial charge is 0.464 e. The van der Waals surface area contributed by atoms with Crippen LogP contribution >= 0.6 is 0 Å². The first kappa shape index (κ1) is 10.9. The van der Waals surface area contributed by atoms with Gasteiger partial charge < -0.3 is 9.30 Å². The van der Waals surface area contributed by atoms with Gasteiger partial charge in [0.2, 0.25) is 0 Å². The molecule has 0 aliphatic carbocycles. The molecule has 0 radical (unpaired) electrons. The molecule has 0 spiro atoms. The Kier molecular flexibility index (Phi) is 2.58. The van der Waals surface area contributed by atoms with E-state index in [1.807, 2.05) is 11.5 Å². The van der Waals surface area contributed by atoms with Crippen molar-refractivity contribution in [2.45, 2.75) is 33.2 Å². The molecule has 0 bridgehead atoms. The van der Waals surface area contributed by atoms with E-state index >= 15 is 0 Å². The summed E-state index contributed by atoms with van der Waals surface area (Å²) in [6.45, 7) is 4.16. The van der Waals surface area contributed by atoms with E-state index in [9.17, 15) is 9.59 Å². The molecule has 4 heteroatoms. The number of Topliss-reactive ketones (excluding diaryl/α,β-unsaturated/α-hetero) is 1. The molecule has 86 valence electrons. The van der Waals surface area contributed by atoms with Gasteiger partial charge in [0.1, 0.15) is 5.69 Å². The van der Waals surface area contributed by atoms with Gasteiger partial charge in [0, 0.05) is 17.8 Å². The molecule has 0 N–H and O–H groups in total. The lowest BCUT2D eigenvalue weighted by atomic mass is 10.0. The summed E-state index contributed by atoms with van der Waals surface area (Å²) in [7, 11) is 1.37. The van der Waals surface area contributed by atoms with Gasteiger partial charge in [0.15, 0.2) is 5.78 Å². The van der Waals surface area contributed by atoms with Gasteiger partial charge in [-0.1, -0.05) is 0 Å². The lowest BCUT2D eigenvalue weighted by molar-refractivity contribution is 0.0588. The van der Waals surface area contributed by atoms with Crippen molar-refractivity contribution >= 4 is 11.8 Å². The van der Waals surface area contributed by atoms with Gasteiger partial charge in [-0.05, 0) is 32.3 Å². The highest BCUT2D eigenvalue weighted by atomic mass is 16.5. The maximum Gasteiger partial charge on any atom is 0.354 e. The number of nitrogens with zero attached hydrogens (tertiary/aromatic N) is 1. The van der Waals surface area contributed by atoms with E-state index in [0.717, 1.165) is 30.6 Å². The summed E-state index contributed by atoms with van der Waals surface area (Å²) < 4.78 is 6.69. The Morgan fingerprint density at radius 1 is 1.38 bits per heavy atom. The van der Waals surface area contributed by atoms with Crippen molar-refractivity contribution in [3.05, 3.63) is 22.5 Å². The number of carbonyl (C=O) groups is 2. The fourth-order valence-corrected chi connectivity index (χ4v) is 2.55. The third kappa shape index (κ3) is 1.37. The maximum atomic E-state index is 11.7. The van der Waals surface area contributed by atoms with Gasteiger partial charge in [-0.3, -0.25) is 4.79 Å². The molecule has 0 amide bonds. The average Bonchev–Trinajstić information content (AvgIpc) is 2.75. The van der Waals surface area contributed by atoms with Crippen molar-refractivity contribution in [3.63, 3.8) is 0 Å². The van der Waals surface area contributed by atoms with Gasteiger partial charge in [-0.2, -0.15) is 0 Å². The number of rotatable bonds is 2. The SMILES string of the molecule is COC(=O)c1c(C)c(C(C)=O)c2n1CCC2. The Bertz CT molecular complexity index is 471.